The first-order chi connectivity index (χ1) is 5.76. The van der Waals surface area contributed by atoms with Gasteiger partial charge in [-0.05, 0) is 12.8 Å². The number of carboxylic acids is 1. The molecule has 1 heterocycles. The first-order valence-electron chi connectivity index (χ1n) is 3.76. The van der Waals surface area contributed by atoms with Crippen molar-refractivity contribution in [2.75, 3.05) is 0 Å². The predicted octanol–water partition coefficient (Wildman–Crippen LogP) is 0.878. The van der Waals surface area contributed by atoms with Crippen molar-refractivity contribution in [1.29, 1.82) is 0 Å². The van der Waals surface area contributed by atoms with Crippen molar-refractivity contribution in [3.63, 3.8) is 0 Å². The fourth-order valence-electron chi connectivity index (χ4n) is 1.28. The molecule has 4 heteroatoms. The zero-order valence-corrected chi connectivity index (χ0v) is 6.43. The summed E-state index contributed by atoms with van der Waals surface area (Å²) in [6.07, 6.45) is 7.64. The number of aliphatic carboxylic acids is 1. The van der Waals surface area contributed by atoms with Crippen LogP contribution in [0.3, 0.4) is 0 Å². The maximum absolute atomic E-state index is 10.8. The molecule has 0 saturated heterocycles. The molecular weight excluding hydrogens is 158 g/mol. The molecule has 1 aliphatic carbocycles. The van der Waals surface area contributed by atoms with E-state index in [2.05, 4.69) is 0 Å². The minimum Gasteiger partial charge on any atom is -0.479 e. The monoisotopic (exact) mass is 167 g/mol. The zero-order chi connectivity index (χ0) is 8.60. The number of rotatable bonds is 2. The molecular formula is C8H9NO3. The van der Waals surface area contributed by atoms with Gasteiger partial charge >= 0.3 is 5.97 Å². The Morgan fingerprint density at radius 1 is 1.42 bits per heavy atom. The Kier molecular flexibility index (Phi) is 1.36. The van der Waals surface area contributed by atoms with Gasteiger partial charge in [0.2, 0.25) is 0 Å². The maximum atomic E-state index is 10.8. The van der Waals surface area contributed by atoms with Gasteiger partial charge in [-0.2, -0.15) is 0 Å². The van der Waals surface area contributed by atoms with Crippen LogP contribution in [0.4, 0.5) is 0 Å². The van der Waals surface area contributed by atoms with E-state index in [0.29, 0.717) is 12.8 Å². The van der Waals surface area contributed by atoms with Gasteiger partial charge in [0.15, 0.2) is 0 Å². The molecule has 1 aliphatic heterocycles. The maximum Gasteiger partial charge on any atom is 0.329 e. The van der Waals surface area contributed by atoms with Crippen molar-refractivity contribution in [2.24, 2.45) is 0 Å². The molecule has 12 heavy (non-hydrogen) atoms. The normalized spacial score (nSPS) is 23.5. The van der Waals surface area contributed by atoms with E-state index in [1.807, 2.05) is 0 Å². The zero-order valence-electron chi connectivity index (χ0n) is 6.43. The Morgan fingerprint density at radius 3 is 2.42 bits per heavy atom. The average Bonchev–Trinajstić information content (AvgIpc) is 2.86. The van der Waals surface area contributed by atoms with E-state index in [1.54, 1.807) is 17.3 Å². The van der Waals surface area contributed by atoms with E-state index >= 15 is 0 Å². The lowest BCUT2D eigenvalue weighted by Crippen LogP contribution is -2.37. The van der Waals surface area contributed by atoms with Gasteiger partial charge in [-0.15, -0.1) is 0 Å². The van der Waals surface area contributed by atoms with Gasteiger partial charge in [0.1, 0.15) is 18.1 Å². The summed E-state index contributed by atoms with van der Waals surface area (Å²) >= 11 is 0. The summed E-state index contributed by atoms with van der Waals surface area (Å²) in [5.74, 6) is -0.765. The molecule has 0 aromatic rings. The van der Waals surface area contributed by atoms with Gasteiger partial charge < -0.3 is 14.7 Å². The largest absolute Gasteiger partial charge is 0.479 e. The molecule has 2 rings (SSSR count). The molecule has 2 aliphatic rings. The van der Waals surface area contributed by atoms with Gasteiger partial charge in [0, 0.05) is 12.4 Å². The van der Waals surface area contributed by atoms with Crippen LogP contribution in [-0.2, 0) is 9.53 Å². The van der Waals surface area contributed by atoms with Crippen LogP contribution in [0.15, 0.2) is 24.9 Å². The van der Waals surface area contributed by atoms with Crippen LogP contribution in [0.1, 0.15) is 12.8 Å². The number of carboxylic acid groups (broad SMARTS) is 1. The summed E-state index contributed by atoms with van der Waals surface area (Å²) < 4.78 is 4.81. The van der Waals surface area contributed by atoms with Crippen LogP contribution in [0.2, 0.25) is 0 Å². The first kappa shape index (κ1) is 7.21. The third-order valence-corrected chi connectivity index (χ3v) is 2.22. The van der Waals surface area contributed by atoms with Gasteiger partial charge in [0.25, 0.3) is 0 Å². The molecule has 4 nitrogen and oxygen atoms in total. The summed E-state index contributed by atoms with van der Waals surface area (Å²) in [4.78, 5) is 12.5. The molecule has 0 amide bonds. The molecule has 0 aromatic heterocycles. The topological polar surface area (TPSA) is 49.8 Å². The molecule has 1 N–H and O–H groups in total. The molecule has 0 aromatic carbocycles. The van der Waals surface area contributed by atoms with E-state index in [9.17, 15) is 4.79 Å². The molecule has 1 fully saturated rings. The lowest BCUT2D eigenvalue weighted by molar-refractivity contribution is -0.143. The fourth-order valence-corrected chi connectivity index (χ4v) is 1.28. The molecule has 0 atom stereocenters. The molecule has 0 spiro atoms. The molecule has 0 unspecified atom stereocenters. The van der Waals surface area contributed by atoms with E-state index in [4.69, 9.17) is 9.84 Å². The van der Waals surface area contributed by atoms with Crippen molar-refractivity contribution < 1.29 is 14.6 Å². The van der Waals surface area contributed by atoms with Crippen LogP contribution in [0.5, 0.6) is 0 Å². The van der Waals surface area contributed by atoms with Crippen molar-refractivity contribution >= 4 is 5.97 Å². The second kappa shape index (κ2) is 2.27. The highest BCUT2D eigenvalue weighted by atomic mass is 16.5. The quantitative estimate of drug-likeness (QED) is 0.663. The van der Waals surface area contributed by atoms with E-state index in [0.717, 1.165) is 0 Å². The van der Waals surface area contributed by atoms with Crippen LogP contribution in [0.25, 0.3) is 0 Å². The summed E-state index contributed by atoms with van der Waals surface area (Å²) in [6.45, 7) is 0. The lowest BCUT2D eigenvalue weighted by atomic mass is 10.2. The van der Waals surface area contributed by atoms with Crippen molar-refractivity contribution in [1.82, 2.24) is 4.90 Å². The number of carbonyl (C=O) groups is 1. The summed E-state index contributed by atoms with van der Waals surface area (Å²) in [5, 5.41) is 8.91. The van der Waals surface area contributed by atoms with Crippen molar-refractivity contribution in [3.05, 3.63) is 24.9 Å². The number of nitrogens with zero attached hydrogens (tertiary/aromatic N) is 1. The minimum absolute atomic E-state index is 0.684. The standard InChI is InChI=1S/C8H9NO3/c10-7(11)8(1-2-8)9-3-5-12-6-4-9/h3-6H,1-2H2,(H,10,11). The number of hydrogen-bond acceptors (Lipinski definition) is 3. The fraction of sp³-hybridized carbons (Fsp3) is 0.375. The predicted molar refractivity (Wildman–Crippen MR) is 40.8 cm³/mol. The van der Waals surface area contributed by atoms with Crippen LogP contribution < -0.4 is 0 Å². The number of ether oxygens (including phenoxy) is 1. The Labute approximate surface area is 69.7 Å². The van der Waals surface area contributed by atoms with E-state index in [1.165, 1.54) is 12.5 Å². The third-order valence-electron chi connectivity index (χ3n) is 2.22. The summed E-state index contributed by atoms with van der Waals surface area (Å²) in [7, 11) is 0. The second-order valence-corrected chi connectivity index (χ2v) is 2.95. The van der Waals surface area contributed by atoms with Gasteiger partial charge in [-0.3, -0.25) is 0 Å². The average molecular weight is 167 g/mol. The van der Waals surface area contributed by atoms with Crippen LogP contribution >= 0.6 is 0 Å². The van der Waals surface area contributed by atoms with Crippen LogP contribution in [-0.4, -0.2) is 21.5 Å². The first-order valence-corrected chi connectivity index (χ1v) is 3.76. The number of hydrogen-bond donors (Lipinski definition) is 1. The molecule has 64 valence electrons. The Morgan fingerprint density at radius 2 is 2.00 bits per heavy atom. The third kappa shape index (κ3) is 0.879. The van der Waals surface area contributed by atoms with Gasteiger partial charge in [-0.25, -0.2) is 4.79 Å². The SMILES string of the molecule is O=C(O)C1(N2C=COC=C2)CC1. The second-order valence-electron chi connectivity index (χ2n) is 2.95. The highest BCUT2D eigenvalue weighted by Gasteiger charge is 2.54. The lowest BCUT2D eigenvalue weighted by Gasteiger charge is -2.24. The Balaban J connectivity index is 2.18. The summed E-state index contributed by atoms with van der Waals surface area (Å²) in [6, 6.07) is 0. The Hall–Kier alpha value is -1.45. The van der Waals surface area contributed by atoms with Gasteiger partial charge in [-0.1, -0.05) is 0 Å². The Bertz CT molecular complexity index is 253. The molecule has 0 radical (unpaired) electrons. The molecule has 1 saturated carbocycles. The van der Waals surface area contributed by atoms with Crippen LogP contribution in [0, 0.1) is 0 Å². The van der Waals surface area contributed by atoms with Gasteiger partial charge in [0.05, 0.1) is 0 Å². The highest BCUT2D eigenvalue weighted by molar-refractivity contribution is 5.82. The van der Waals surface area contributed by atoms with Crippen molar-refractivity contribution in [3.8, 4) is 0 Å². The molecule has 0 bridgehead atoms. The van der Waals surface area contributed by atoms with E-state index in [-0.39, 0.29) is 0 Å². The minimum atomic E-state index is -0.765. The van der Waals surface area contributed by atoms with Crippen molar-refractivity contribution in [2.45, 2.75) is 18.4 Å². The highest BCUT2D eigenvalue weighted by Crippen LogP contribution is 2.42. The smallest absolute Gasteiger partial charge is 0.329 e. The van der Waals surface area contributed by atoms with E-state index < -0.39 is 11.5 Å². The summed E-state index contributed by atoms with van der Waals surface area (Å²) in [5.41, 5.74) is -0.684.